The van der Waals surface area contributed by atoms with E-state index in [-0.39, 0.29) is 0 Å². The van der Waals surface area contributed by atoms with Gasteiger partial charge in [0.25, 0.3) is 0 Å². The predicted octanol–water partition coefficient (Wildman–Crippen LogP) is 4.54. The minimum atomic E-state index is -0.441. The van der Waals surface area contributed by atoms with Crippen molar-refractivity contribution in [1.29, 1.82) is 0 Å². The molecule has 134 valence electrons. The predicted molar refractivity (Wildman–Crippen MR) is 109 cm³/mol. The average Bonchev–Trinajstić information content (AvgIpc) is 3.08. The first-order chi connectivity index (χ1) is 13.0. The molecule has 1 aromatic heterocycles. The second-order valence-corrected chi connectivity index (χ2v) is 6.97. The lowest BCUT2D eigenvalue weighted by atomic mass is 10.00. The summed E-state index contributed by atoms with van der Waals surface area (Å²) in [5.74, 6) is 0.341. The van der Waals surface area contributed by atoms with Gasteiger partial charge in [-0.3, -0.25) is 4.79 Å². The Morgan fingerprint density at radius 1 is 0.926 bits per heavy atom. The Hall–Kier alpha value is -3.40. The van der Waals surface area contributed by atoms with Crippen molar-refractivity contribution in [1.82, 2.24) is 9.97 Å². The number of rotatable bonds is 4. The van der Waals surface area contributed by atoms with Crippen molar-refractivity contribution in [2.24, 2.45) is 5.73 Å². The largest absolute Gasteiger partial charge is 0.366 e. The lowest BCUT2D eigenvalue weighted by Gasteiger charge is -2.06. The third kappa shape index (κ3) is 3.47. The van der Waals surface area contributed by atoms with Gasteiger partial charge < -0.3 is 10.7 Å². The Morgan fingerprint density at radius 2 is 1.67 bits per heavy atom. The molecule has 0 radical (unpaired) electrons. The molecule has 0 atom stereocenters. The second kappa shape index (κ2) is 6.72. The van der Waals surface area contributed by atoms with Gasteiger partial charge in [-0.15, -0.1) is 0 Å². The Labute approximate surface area is 158 Å². The normalized spacial score (nSPS) is 11.0. The Morgan fingerprint density at radius 3 is 2.37 bits per heavy atom. The number of amides is 1. The molecule has 0 saturated heterocycles. The monoisotopic (exact) mass is 355 g/mol. The van der Waals surface area contributed by atoms with Crippen LogP contribution in [0.25, 0.3) is 22.4 Å². The highest BCUT2D eigenvalue weighted by Crippen LogP contribution is 2.23. The van der Waals surface area contributed by atoms with E-state index in [0.29, 0.717) is 5.56 Å². The maximum absolute atomic E-state index is 11.3. The van der Waals surface area contributed by atoms with Crippen LogP contribution in [0.15, 0.2) is 60.7 Å². The minimum absolute atomic E-state index is 0.441. The molecule has 4 nitrogen and oxygen atoms in total. The lowest BCUT2D eigenvalue weighted by Crippen LogP contribution is -2.10. The van der Waals surface area contributed by atoms with E-state index in [1.807, 2.05) is 6.07 Å². The van der Waals surface area contributed by atoms with Crippen molar-refractivity contribution in [2.45, 2.75) is 20.3 Å². The molecule has 4 rings (SSSR count). The molecule has 3 aromatic carbocycles. The van der Waals surface area contributed by atoms with Gasteiger partial charge in [0, 0.05) is 11.1 Å². The van der Waals surface area contributed by atoms with Gasteiger partial charge in [-0.1, -0.05) is 42.5 Å². The van der Waals surface area contributed by atoms with E-state index >= 15 is 0 Å². The van der Waals surface area contributed by atoms with Gasteiger partial charge in [0.2, 0.25) is 5.91 Å². The van der Waals surface area contributed by atoms with E-state index in [2.05, 4.69) is 66.3 Å². The quantitative estimate of drug-likeness (QED) is 0.564. The fraction of sp³-hybridized carbons (Fsp3) is 0.130. The third-order valence-electron chi connectivity index (χ3n) is 4.97. The molecule has 0 aliphatic heterocycles. The van der Waals surface area contributed by atoms with E-state index in [4.69, 9.17) is 5.73 Å². The summed E-state index contributed by atoms with van der Waals surface area (Å²) < 4.78 is 0. The molecule has 27 heavy (non-hydrogen) atoms. The van der Waals surface area contributed by atoms with Crippen molar-refractivity contribution < 1.29 is 4.79 Å². The van der Waals surface area contributed by atoms with Crippen LogP contribution in [0.2, 0.25) is 0 Å². The molecule has 4 aromatic rings. The molecular formula is C23H21N3O. The van der Waals surface area contributed by atoms with Crippen LogP contribution in [0.5, 0.6) is 0 Å². The van der Waals surface area contributed by atoms with Crippen LogP contribution in [0, 0.1) is 13.8 Å². The number of nitrogens with one attached hydrogen (secondary N) is 1. The van der Waals surface area contributed by atoms with Crippen LogP contribution < -0.4 is 5.73 Å². The number of nitrogens with zero attached hydrogens (tertiary/aromatic N) is 1. The maximum atomic E-state index is 11.3. The van der Waals surface area contributed by atoms with E-state index in [1.165, 1.54) is 22.3 Å². The van der Waals surface area contributed by atoms with Crippen LogP contribution in [-0.2, 0) is 6.42 Å². The van der Waals surface area contributed by atoms with E-state index < -0.39 is 5.91 Å². The van der Waals surface area contributed by atoms with Crippen molar-refractivity contribution in [3.8, 4) is 11.4 Å². The van der Waals surface area contributed by atoms with Gasteiger partial charge >= 0.3 is 0 Å². The van der Waals surface area contributed by atoms with Crippen LogP contribution >= 0.6 is 0 Å². The molecule has 0 aliphatic carbocycles. The first-order valence-corrected chi connectivity index (χ1v) is 8.94. The zero-order valence-electron chi connectivity index (χ0n) is 15.4. The van der Waals surface area contributed by atoms with Crippen molar-refractivity contribution in [2.75, 3.05) is 0 Å². The molecule has 1 amide bonds. The number of hydrogen-bond donors (Lipinski definition) is 2. The average molecular weight is 355 g/mol. The van der Waals surface area contributed by atoms with Gasteiger partial charge in [0.15, 0.2) is 0 Å². The van der Waals surface area contributed by atoms with Crippen molar-refractivity contribution in [3.05, 3.63) is 88.5 Å². The van der Waals surface area contributed by atoms with Crippen LogP contribution in [0.3, 0.4) is 0 Å². The molecule has 0 saturated carbocycles. The lowest BCUT2D eigenvalue weighted by molar-refractivity contribution is 0.100. The number of primary amides is 1. The molecular weight excluding hydrogens is 334 g/mol. The topological polar surface area (TPSA) is 71.8 Å². The molecule has 4 heteroatoms. The second-order valence-electron chi connectivity index (χ2n) is 6.97. The number of aromatic nitrogens is 2. The minimum Gasteiger partial charge on any atom is -0.366 e. The number of carbonyl (C=O) groups is 1. The fourth-order valence-corrected chi connectivity index (χ4v) is 3.23. The molecule has 0 unspecified atom stereocenters. The van der Waals surface area contributed by atoms with Gasteiger partial charge in [-0.05, 0) is 60.7 Å². The summed E-state index contributed by atoms with van der Waals surface area (Å²) in [5.41, 5.74) is 13.7. The summed E-state index contributed by atoms with van der Waals surface area (Å²) in [7, 11) is 0. The number of nitrogens with two attached hydrogens (primary N) is 1. The Bertz CT molecular complexity index is 1140. The van der Waals surface area contributed by atoms with E-state index in [9.17, 15) is 4.79 Å². The fourth-order valence-electron chi connectivity index (χ4n) is 3.23. The molecule has 1 heterocycles. The number of aromatic amines is 1. The summed E-state index contributed by atoms with van der Waals surface area (Å²) >= 11 is 0. The molecule has 0 fully saturated rings. The summed E-state index contributed by atoms with van der Waals surface area (Å²) in [6.07, 6.45) is 0.906. The number of carbonyl (C=O) groups excluding carboxylic acids is 1. The highest BCUT2D eigenvalue weighted by molar-refractivity contribution is 5.96. The first kappa shape index (κ1) is 17.0. The third-order valence-corrected chi connectivity index (χ3v) is 4.97. The number of benzene rings is 3. The molecule has 0 bridgehead atoms. The molecule has 0 spiro atoms. The van der Waals surface area contributed by atoms with Crippen LogP contribution in [0.1, 0.15) is 32.6 Å². The van der Waals surface area contributed by atoms with Gasteiger partial charge in [0.05, 0.1) is 11.0 Å². The van der Waals surface area contributed by atoms with E-state index in [1.54, 1.807) is 12.1 Å². The van der Waals surface area contributed by atoms with Gasteiger partial charge in [-0.2, -0.15) is 0 Å². The van der Waals surface area contributed by atoms with Crippen LogP contribution in [-0.4, -0.2) is 15.9 Å². The molecule has 0 aliphatic rings. The highest BCUT2D eigenvalue weighted by atomic mass is 16.1. The number of imidazole rings is 1. The number of fused-ring (bicyclic) bond motifs is 1. The zero-order valence-corrected chi connectivity index (χ0v) is 15.4. The van der Waals surface area contributed by atoms with Gasteiger partial charge in [0.1, 0.15) is 5.82 Å². The first-order valence-electron chi connectivity index (χ1n) is 8.94. The van der Waals surface area contributed by atoms with Gasteiger partial charge in [-0.25, -0.2) is 4.98 Å². The van der Waals surface area contributed by atoms with Crippen LogP contribution in [0.4, 0.5) is 0 Å². The summed E-state index contributed by atoms with van der Waals surface area (Å²) in [6, 6.07) is 20.3. The van der Waals surface area contributed by atoms with E-state index in [0.717, 1.165) is 28.8 Å². The highest BCUT2D eigenvalue weighted by Gasteiger charge is 2.08. The summed E-state index contributed by atoms with van der Waals surface area (Å²) in [5, 5.41) is 0. The number of H-pyrrole nitrogens is 1. The van der Waals surface area contributed by atoms with Crippen molar-refractivity contribution in [3.63, 3.8) is 0 Å². The standard InChI is InChI=1S/C23H21N3O/c1-14-3-4-17(11-15(14)2)12-16-5-7-18(8-6-16)23-25-20-10-9-19(22(24)27)13-21(20)26-23/h3-11,13H,12H2,1-2H3,(H2,24,27)(H,25,26). The number of aryl methyl sites for hydroxylation is 2. The Kier molecular flexibility index (Phi) is 4.24. The smallest absolute Gasteiger partial charge is 0.248 e. The summed E-state index contributed by atoms with van der Waals surface area (Å²) in [4.78, 5) is 19.2. The maximum Gasteiger partial charge on any atom is 0.248 e. The summed E-state index contributed by atoms with van der Waals surface area (Å²) in [6.45, 7) is 4.28. The Balaban J connectivity index is 1.59. The number of hydrogen-bond acceptors (Lipinski definition) is 2. The zero-order chi connectivity index (χ0) is 19.0. The SMILES string of the molecule is Cc1ccc(Cc2ccc(-c3nc4ccc(C(N)=O)cc4[nH]3)cc2)cc1C. The van der Waals surface area contributed by atoms with Crippen molar-refractivity contribution >= 4 is 16.9 Å². The molecule has 3 N–H and O–H groups in total.